The lowest BCUT2D eigenvalue weighted by Crippen LogP contribution is -2.32. The highest BCUT2D eigenvalue weighted by molar-refractivity contribution is 5.76. The number of pyridine rings is 1. The molecule has 0 saturated heterocycles. The molecule has 3 N–H and O–H groups in total. The van der Waals surface area contributed by atoms with Crippen molar-refractivity contribution >= 4 is 11.7 Å². The second-order valence-corrected chi connectivity index (χ2v) is 5.09. The molecule has 1 fully saturated rings. The lowest BCUT2D eigenvalue weighted by atomic mass is 9.85. The van der Waals surface area contributed by atoms with Gasteiger partial charge in [-0.3, -0.25) is 4.79 Å². The Kier molecular flexibility index (Phi) is 4.00. The second-order valence-electron chi connectivity index (χ2n) is 5.09. The zero-order chi connectivity index (χ0) is 13.8. The minimum absolute atomic E-state index is 0.0122. The maximum absolute atomic E-state index is 11.1. The van der Waals surface area contributed by atoms with E-state index in [0.717, 1.165) is 37.2 Å². The van der Waals surface area contributed by atoms with Gasteiger partial charge in [0.15, 0.2) is 0 Å². The summed E-state index contributed by atoms with van der Waals surface area (Å²) in [7, 11) is 0. The molecular formula is C14H18N4O. The Morgan fingerprint density at radius 2 is 2.11 bits per heavy atom. The van der Waals surface area contributed by atoms with Crippen molar-refractivity contribution in [2.24, 2.45) is 11.7 Å². The Labute approximate surface area is 112 Å². The van der Waals surface area contributed by atoms with Gasteiger partial charge < -0.3 is 11.1 Å². The van der Waals surface area contributed by atoms with E-state index in [1.165, 1.54) is 0 Å². The number of amides is 1. The molecule has 0 aromatic carbocycles. The first-order valence-corrected chi connectivity index (χ1v) is 6.53. The fourth-order valence-electron chi connectivity index (χ4n) is 2.54. The van der Waals surface area contributed by atoms with Gasteiger partial charge in [0, 0.05) is 17.7 Å². The van der Waals surface area contributed by atoms with Crippen LogP contribution in [0.15, 0.2) is 12.1 Å². The summed E-state index contributed by atoms with van der Waals surface area (Å²) in [4.78, 5) is 15.5. The number of aryl methyl sites for hydroxylation is 1. The molecule has 5 nitrogen and oxygen atoms in total. The van der Waals surface area contributed by atoms with Crippen LogP contribution in [0.4, 0.5) is 5.82 Å². The van der Waals surface area contributed by atoms with Gasteiger partial charge in [0.25, 0.3) is 0 Å². The average Bonchev–Trinajstić information content (AvgIpc) is 2.38. The van der Waals surface area contributed by atoms with Crippen LogP contribution in [-0.4, -0.2) is 16.9 Å². The largest absolute Gasteiger partial charge is 0.369 e. The molecule has 1 aromatic rings. The van der Waals surface area contributed by atoms with E-state index in [-0.39, 0.29) is 11.8 Å². The monoisotopic (exact) mass is 258 g/mol. The van der Waals surface area contributed by atoms with Crippen LogP contribution in [0.2, 0.25) is 0 Å². The maximum atomic E-state index is 11.1. The van der Waals surface area contributed by atoms with Gasteiger partial charge in [-0.1, -0.05) is 0 Å². The van der Waals surface area contributed by atoms with E-state index in [1.807, 2.05) is 6.92 Å². The molecule has 1 amide bonds. The standard InChI is InChI=1S/C14H18N4O/c1-9-6-10(8-15)7-13(17-9)18-12-4-2-11(3-5-12)14(16)19/h6-7,11-12H,2-5H2,1H3,(H2,16,19)(H,17,18). The summed E-state index contributed by atoms with van der Waals surface area (Å²) in [5.74, 6) is 0.552. The van der Waals surface area contributed by atoms with Gasteiger partial charge in [-0.2, -0.15) is 5.26 Å². The number of nitrogens with two attached hydrogens (primary N) is 1. The number of nitriles is 1. The van der Waals surface area contributed by atoms with Gasteiger partial charge in [-0.15, -0.1) is 0 Å². The number of nitrogens with one attached hydrogen (secondary N) is 1. The first-order valence-electron chi connectivity index (χ1n) is 6.53. The normalized spacial score (nSPS) is 22.5. The van der Waals surface area contributed by atoms with Gasteiger partial charge in [0.1, 0.15) is 5.82 Å². The molecular weight excluding hydrogens is 240 g/mol. The van der Waals surface area contributed by atoms with Crippen LogP contribution < -0.4 is 11.1 Å². The molecule has 0 bridgehead atoms. The SMILES string of the molecule is Cc1cc(C#N)cc(NC2CCC(C(N)=O)CC2)n1. The molecule has 1 heterocycles. The summed E-state index contributed by atoms with van der Waals surface area (Å²) in [6.07, 6.45) is 3.46. The molecule has 100 valence electrons. The van der Waals surface area contributed by atoms with E-state index < -0.39 is 0 Å². The number of anilines is 1. The molecule has 0 aliphatic heterocycles. The molecule has 5 heteroatoms. The van der Waals surface area contributed by atoms with Crippen molar-refractivity contribution in [1.29, 1.82) is 5.26 Å². The molecule has 1 aliphatic carbocycles. The molecule has 19 heavy (non-hydrogen) atoms. The van der Waals surface area contributed by atoms with Gasteiger partial charge >= 0.3 is 0 Å². The molecule has 2 rings (SSSR count). The van der Waals surface area contributed by atoms with Crippen LogP contribution in [0.1, 0.15) is 36.9 Å². The zero-order valence-electron chi connectivity index (χ0n) is 11.0. The van der Waals surface area contributed by atoms with Crippen molar-refractivity contribution in [1.82, 2.24) is 4.98 Å². The van der Waals surface area contributed by atoms with Crippen LogP contribution in [0.5, 0.6) is 0 Å². The van der Waals surface area contributed by atoms with Crippen molar-refractivity contribution in [2.45, 2.75) is 38.6 Å². The summed E-state index contributed by atoms with van der Waals surface area (Å²) in [6.45, 7) is 1.87. The third-order valence-corrected chi connectivity index (χ3v) is 3.56. The van der Waals surface area contributed by atoms with E-state index >= 15 is 0 Å². The topological polar surface area (TPSA) is 91.8 Å². The van der Waals surface area contributed by atoms with Crippen LogP contribution in [0.25, 0.3) is 0 Å². The Hall–Kier alpha value is -2.09. The third-order valence-electron chi connectivity index (χ3n) is 3.56. The fourth-order valence-corrected chi connectivity index (χ4v) is 2.54. The number of carbonyl (C=O) groups excluding carboxylic acids is 1. The quantitative estimate of drug-likeness (QED) is 0.863. The smallest absolute Gasteiger partial charge is 0.220 e. The van der Waals surface area contributed by atoms with Gasteiger partial charge in [-0.05, 0) is 44.7 Å². The average molecular weight is 258 g/mol. The Morgan fingerprint density at radius 1 is 1.42 bits per heavy atom. The minimum Gasteiger partial charge on any atom is -0.369 e. The summed E-state index contributed by atoms with van der Waals surface area (Å²) in [5, 5.41) is 12.3. The van der Waals surface area contributed by atoms with E-state index in [2.05, 4.69) is 16.4 Å². The van der Waals surface area contributed by atoms with E-state index in [9.17, 15) is 4.79 Å². The van der Waals surface area contributed by atoms with Crippen LogP contribution in [0, 0.1) is 24.2 Å². The summed E-state index contributed by atoms with van der Waals surface area (Å²) < 4.78 is 0. The van der Waals surface area contributed by atoms with E-state index in [0.29, 0.717) is 11.6 Å². The highest BCUT2D eigenvalue weighted by Gasteiger charge is 2.24. The maximum Gasteiger partial charge on any atom is 0.220 e. The number of aromatic nitrogens is 1. The highest BCUT2D eigenvalue weighted by atomic mass is 16.1. The number of hydrogen-bond acceptors (Lipinski definition) is 4. The number of primary amides is 1. The summed E-state index contributed by atoms with van der Waals surface area (Å²) in [6, 6.07) is 5.94. The third kappa shape index (κ3) is 3.44. The number of hydrogen-bond donors (Lipinski definition) is 2. The fraction of sp³-hybridized carbons (Fsp3) is 0.500. The van der Waals surface area contributed by atoms with Crippen molar-refractivity contribution in [2.75, 3.05) is 5.32 Å². The Morgan fingerprint density at radius 3 is 2.68 bits per heavy atom. The summed E-state index contributed by atoms with van der Waals surface area (Å²) in [5.41, 5.74) is 6.75. The molecule has 0 spiro atoms. The van der Waals surface area contributed by atoms with Crippen molar-refractivity contribution in [3.63, 3.8) is 0 Å². The predicted molar refractivity (Wildman–Crippen MR) is 72.3 cm³/mol. The molecule has 0 radical (unpaired) electrons. The molecule has 1 aliphatic rings. The lowest BCUT2D eigenvalue weighted by molar-refractivity contribution is -0.122. The van der Waals surface area contributed by atoms with Crippen molar-refractivity contribution in [3.05, 3.63) is 23.4 Å². The first-order chi connectivity index (χ1) is 9.08. The molecule has 1 saturated carbocycles. The van der Waals surface area contributed by atoms with Gasteiger partial charge in [0.2, 0.25) is 5.91 Å². The molecule has 0 unspecified atom stereocenters. The van der Waals surface area contributed by atoms with Crippen LogP contribution >= 0.6 is 0 Å². The predicted octanol–water partition coefficient (Wildman–Crippen LogP) is 1.72. The number of nitrogens with zero attached hydrogens (tertiary/aromatic N) is 2. The van der Waals surface area contributed by atoms with E-state index in [4.69, 9.17) is 11.0 Å². The molecule has 1 aromatic heterocycles. The van der Waals surface area contributed by atoms with Gasteiger partial charge in [0.05, 0.1) is 11.6 Å². The van der Waals surface area contributed by atoms with Crippen LogP contribution in [0.3, 0.4) is 0 Å². The highest BCUT2D eigenvalue weighted by Crippen LogP contribution is 2.26. The summed E-state index contributed by atoms with van der Waals surface area (Å²) >= 11 is 0. The van der Waals surface area contributed by atoms with Gasteiger partial charge in [-0.25, -0.2) is 4.98 Å². The van der Waals surface area contributed by atoms with Crippen LogP contribution in [-0.2, 0) is 4.79 Å². The van der Waals surface area contributed by atoms with E-state index in [1.54, 1.807) is 12.1 Å². The lowest BCUT2D eigenvalue weighted by Gasteiger charge is -2.27. The minimum atomic E-state index is -0.195. The first kappa shape index (κ1) is 13.3. The molecule has 0 atom stereocenters. The Balaban J connectivity index is 1.98. The number of carbonyl (C=O) groups is 1. The zero-order valence-corrected chi connectivity index (χ0v) is 11.0. The van der Waals surface area contributed by atoms with Crippen molar-refractivity contribution in [3.8, 4) is 6.07 Å². The Bertz CT molecular complexity index is 513. The second kappa shape index (κ2) is 5.70. The van der Waals surface area contributed by atoms with Crippen molar-refractivity contribution < 1.29 is 4.79 Å². The number of rotatable bonds is 3.